The Kier molecular flexibility index (Phi) is 8.40. The SMILES string of the molecule is C=CCCc1ccc(/C=N/N=C/c2ccc(CCCCC)cc2)cc1. The molecular weight excluding hydrogens is 304 g/mol. The molecule has 2 aromatic rings. The number of rotatable bonds is 10. The minimum atomic E-state index is 1.01. The minimum absolute atomic E-state index is 1.01. The van der Waals surface area contributed by atoms with Crippen molar-refractivity contribution in [1.29, 1.82) is 0 Å². The lowest BCUT2D eigenvalue weighted by molar-refractivity contribution is 0.717. The van der Waals surface area contributed by atoms with Crippen LogP contribution in [0, 0.1) is 0 Å². The van der Waals surface area contributed by atoms with Crippen molar-refractivity contribution in [3.8, 4) is 0 Å². The van der Waals surface area contributed by atoms with Gasteiger partial charge in [0.15, 0.2) is 0 Å². The van der Waals surface area contributed by atoms with E-state index in [1.165, 1.54) is 30.4 Å². The fraction of sp³-hybridized carbons (Fsp3) is 0.304. The largest absolute Gasteiger partial charge is 0.159 e. The molecule has 0 bridgehead atoms. The Morgan fingerprint density at radius 3 is 1.76 bits per heavy atom. The fourth-order valence-electron chi connectivity index (χ4n) is 2.59. The van der Waals surface area contributed by atoms with Crippen molar-refractivity contribution >= 4 is 12.4 Å². The van der Waals surface area contributed by atoms with E-state index < -0.39 is 0 Å². The zero-order valence-electron chi connectivity index (χ0n) is 15.2. The number of hydrogen-bond acceptors (Lipinski definition) is 2. The van der Waals surface area contributed by atoms with Crippen LogP contribution in [0.1, 0.15) is 54.9 Å². The number of hydrogen-bond donors (Lipinski definition) is 0. The third-order valence-electron chi connectivity index (χ3n) is 4.15. The first kappa shape index (κ1) is 18.9. The Hall–Kier alpha value is -2.48. The average molecular weight is 332 g/mol. The molecule has 0 amide bonds. The van der Waals surface area contributed by atoms with Gasteiger partial charge in [0.1, 0.15) is 0 Å². The molecule has 2 rings (SSSR count). The monoisotopic (exact) mass is 332 g/mol. The van der Waals surface area contributed by atoms with Crippen LogP contribution in [0.4, 0.5) is 0 Å². The van der Waals surface area contributed by atoms with Crippen LogP contribution in [-0.2, 0) is 12.8 Å². The maximum Gasteiger partial charge on any atom is 0.0568 e. The van der Waals surface area contributed by atoms with Crippen molar-refractivity contribution in [3.63, 3.8) is 0 Å². The number of allylic oxidation sites excluding steroid dienone is 1. The van der Waals surface area contributed by atoms with E-state index in [0.717, 1.165) is 30.4 Å². The van der Waals surface area contributed by atoms with Crippen LogP contribution in [0.5, 0.6) is 0 Å². The van der Waals surface area contributed by atoms with Crippen LogP contribution in [0.15, 0.2) is 71.4 Å². The highest BCUT2D eigenvalue weighted by atomic mass is 15.2. The molecule has 0 spiro atoms. The molecule has 0 N–H and O–H groups in total. The summed E-state index contributed by atoms with van der Waals surface area (Å²) in [5.74, 6) is 0. The molecule has 0 saturated heterocycles. The van der Waals surface area contributed by atoms with Gasteiger partial charge in [0.2, 0.25) is 0 Å². The predicted octanol–water partition coefficient (Wildman–Crippen LogP) is 5.99. The maximum absolute atomic E-state index is 4.15. The predicted molar refractivity (Wildman–Crippen MR) is 110 cm³/mol. The highest BCUT2D eigenvalue weighted by Gasteiger charge is 1.94. The lowest BCUT2D eigenvalue weighted by Gasteiger charge is -2.00. The second kappa shape index (κ2) is 11.1. The second-order valence-electron chi connectivity index (χ2n) is 6.26. The molecule has 0 atom stereocenters. The molecule has 2 nitrogen and oxygen atoms in total. The van der Waals surface area contributed by atoms with Gasteiger partial charge in [-0.2, -0.15) is 10.2 Å². The molecule has 0 unspecified atom stereocenters. The van der Waals surface area contributed by atoms with E-state index in [2.05, 4.69) is 72.2 Å². The Bertz CT molecular complexity index is 679. The molecule has 0 aliphatic heterocycles. The quantitative estimate of drug-likeness (QED) is 0.221. The first-order valence-electron chi connectivity index (χ1n) is 9.17. The minimum Gasteiger partial charge on any atom is -0.159 e. The van der Waals surface area contributed by atoms with Gasteiger partial charge >= 0.3 is 0 Å². The summed E-state index contributed by atoms with van der Waals surface area (Å²) in [5.41, 5.74) is 4.85. The van der Waals surface area contributed by atoms with Gasteiger partial charge in [-0.05, 0) is 47.9 Å². The van der Waals surface area contributed by atoms with Crippen LogP contribution >= 0.6 is 0 Å². The van der Waals surface area contributed by atoms with Crippen LogP contribution in [0.3, 0.4) is 0 Å². The standard InChI is InChI=1S/C23H28N2/c1-3-5-7-9-21-12-16-23(17-13-21)19-25-24-18-22-14-10-20(11-15-22)8-6-4-2/h4,10-19H,2-3,5-9H2,1H3/b24-18+,25-19+. The lowest BCUT2D eigenvalue weighted by atomic mass is 10.1. The van der Waals surface area contributed by atoms with Gasteiger partial charge in [-0.3, -0.25) is 0 Å². The van der Waals surface area contributed by atoms with Crippen molar-refractivity contribution in [2.45, 2.75) is 45.4 Å². The second-order valence-corrected chi connectivity index (χ2v) is 6.26. The van der Waals surface area contributed by atoms with Crippen molar-refractivity contribution < 1.29 is 0 Å². The van der Waals surface area contributed by atoms with Crippen LogP contribution in [0.2, 0.25) is 0 Å². The van der Waals surface area contributed by atoms with Gasteiger partial charge in [-0.1, -0.05) is 74.4 Å². The molecule has 2 heteroatoms. The molecule has 25 heavy (non-hydrogen) atoms. The Morgan fingerprint density at radius 1 is 0.760 bits per heavy atom. The summed E-state index contributed by atoms with van der Waals surface area (Å²) in [6, 6.07) is 17.0. The maximum atomic E-state index is 4.15. The van der Waals surface area contributed by atoms with Gasteiger partial charge in [0.05, 0.1) is 12.4 Å². The highest BCUT2D eigenvalue weighted by molar-refractivity contribution is 5.82. The molecule has 2 aromatic carbocycles. The molecular formula is C23H28N2. The molecule has 0 saturated carbocycles. The Morgan fingerprint density at radius 2 is 1.28 bits per heavy atom. The van der Waals surface area contributed by atoms with Crippen LogP contribution < -0.4 is 0 Å². The number of aryl methyl sites for hydroxylation is 2. The highest BCUT2D eigenvalue weighted by Crippen LogP contribution is 2.08. The van der Waals surface area contributed by atoms with E-state index in [1.54, 1.807) is 12.4 Å². The molecule has 0 radical (unpaired) electrons. The topological polar surface area (TPSA) is 24.7 Å². The van der Waals surface area contributed by atoms with Crippen molar-refractivity contribution in [3.05, 3.63) is 83.4 Å². The van der Waals surface area contributed by atoms with Crippen LogP contribution in [0.25, 0.3) is 0 Å². The van der Waals surface area contributed by atoms with E-state index in [0.29, 0.717) is 0 Å². The van der Waals surface area contributed by atoms with Gasteiger partial charge in [-0.15, -0.1) is 6.58 Å². The number of unbranched alkanes of at least 4 members (excludes halogenated alkanes) is 2. The van der Waals surface area contributed by atoms with E-state index in [1.807, 2.05) is 6.08 Å². The summed E-state index contributed by atoms with van der Waals surface area (Å²) < 4.78 is 0. The zero-order chi connectivity index (χ0) is 17.7. The van der Waals surface area contributed by atoms with E-state index in [4.69, 9.17) is 0 Å². The van der Waals surface area contributed by atoms with Crippen LogP contribution in [-0.4, -0.2) is 12.4 Å². The third kappa shape index (κ3) is 7.30. The zero-order valence-corrected chi connectivity index (χ0v) is 15.2. The van der Waals surface area contributed by atoms with Crippen molar-refractivity contribution in [2.24, 2.45) is 10.2 Å². The fourth-order valence-corrected chi connectivity index (χ4v) is 2.59. The first-order valence-corrected chi connectivity index (χ1v) is 9.17. The normalized spacial score (nSPS) is 11.4. The summed E-state index contributed by atoms with van der Waals surface area (Å²) in [6.07, 6.45) is 12.6. The molecule has 0 aliphatic rings. The lowest BCUT2D eigenvalue weighted by Crippen LogP contribution is -1.87. The van der Waals surface area contributed by atoms with Gasteiger partial charge < -0.3 is 0 Å². The third-order valence-corrected chi connectivity index (χ3v) is 4.15. The molecule has 0 aromatic heterocycles. The summed E-state index contributed by atoms with van der Waals surface area (Å²) in [6.45, 7) is 5.99. The summed E-state index contributed by atoms with van der Waals surface area (Å²) >= 11 is 0. The number of nitrogens with zero attached hydrogens (tertiary/aromatic N) is 2. The Balaban J connectivity index is 1.83. The summed E-state index contributed by atoms with van der Waals surface area (Å²) in [5, 5.41) is 8.29. The molecule has 0 fully saturated rings. The average Bonchev–Trinajstić information content (AvgIpc) is 2.66. The molecule has 0 aliphatic carbocycles. The number of benzene rings is 2. The van der Waals surface area contributed by atoms with Gasteiger partial charge in [-0.25, -0.2) is 0 Å². The smallest absolute Gasteiger partial charge is 0.0568 e. The van der Waals surface area contributed by atoms with Crippen molar-refractivity contribution in [2.75, 3.05) is 0 Å². The van der Waals surface area contributed by atoms with Gasteiger partial charge in [0.25, 0.3) is 0 Å². The summed E-state index contributed by atoms with van der Waals surface area (Å²) in [4.78, 5) is 0. The Labute approximate surface area is 152 Å². The van der Waals surface area contributed by atoms with E-state index in [9.17, 15) is 0 Å². The first-order chi connectivity index (χ1) is 12.3. The van der Waals surface area contributed by atoms with E-state index in [-0.39, 0.29) is 0 Å². The summed E-state index contributed by atoms with van der Waals surface area (Å²) in [7, 11) is 0. The van der Waals surface area contributed by atoms with Gasteiger partial charge in [0, 0.05) is 0 Å². The van der Waals surface area contributed by atoms with E-state index >= 15 is 0 Å². The molecule has 0 heterocycles. The van der Waals surface area contributed by atoms with Crippen molar-refractivity contribution in [1.82, 2.24) is 0 Å². The molecule has 130 valence electrons.